The first-order chi connectivity index (χ1) is 13.8. The molecule has 0 atom stereocenters. The molecule has 29 heavy (non-hydrogen) atoms. The number of hydrogen-bond acceptors (Lipinski definition) is 5. The van der Waals surface area contributed by atoms with E-state index in [0.717, 1.165) is 31.9 Å². The highest BCUT2D eigenvalue weighted by molar-refractivity contribution is 5.83. The van der Waals surface area contributed by atoms with Crippen LogP contribution in [0.15, 0.2) is 4.79 Å². The van der Waals surface area contributed by atoms with E-state index in [1.165, 1.54) is 11.3 Å². The van der Waals surface area contributed by atoms with E-state index in [2.05, 4.69) is 20.6 Å². The predicted molar refractivity (Wildman–Crippen MR) is 102 cm³/mol. The summed E-state index contributed by atoms with van der Waals surface area (Å²) in [4.78, 5) is 32.8. The van der Waals surface area contributed by atoms with Crippen molar-refractivity contribution in [1.82, 2.24) is 20.2 Å². The number of aromatic amines is 1. The summed E-state index contributed by atoms with van der Waals surface area (Å²) in [6.07, 6.45) is 0.948. The van der Waals surface area contributed by atoms with Gasteiger partial charge in [0.25, 0.3) is 5.56 Å². The number of nitrogens with one attached hydrogen (secondary N) is 4. The summed E-state index contributed by atoms with van der Waals surface area (Å²) in [6, 6.07) is -0.355. The molecule has 8 nitrogen and oxygen atoms in total. The largest absolute Gasteiger partial charge is 0.390 e. The van der Waals surface area contributed by atoms with Crippen LogP contribution in [0.2, 0.25) is 0 Å². The van der Waals surface area contributed by atoms with E-state index in [1.807, 2.05) is 0 Å². The number of nitrogens with zero attached hydrogens (tertiary/aromatic N) is 2. The number of halogens is 3. The Kier molecular flexibility index (Phi) is 6.43. The van der Waals surface area contributed by atoms with Gasteiger partial charge in [0.05, 0.1) is 17.9 Å². The molecule has 0 bridgehead atoms. The van der Waals surface area contributed by atoms with Crippen LogP contribution < -0.4 is 16.2 Å². The molecule has 1 aliphatic carbocycles. The molecule has 2 fully saturated rings. The van der Waals surface area contributed by atoms with Gasteiger partial charge in [-0.1, -0.05) is 19.3 Å². The van der Waals surface area contributed by atoms with Crippen LogP contribution in [0.25, 0.3) is 0 Å². The fourth-order valence-electron chi connectivity index (χ4n) is 3.62. The molecule has 0 unspecified atom stereocenters. The standard InChI is InChI=1S/C18H25F3N6O2/c19-18(20,21)6-7-23-17(29)27-9-11(10-27)14-25-15(13(8-22)16(28)26-14)24-12-4-2-1-3-5-12/h8,11-12,22H,1-7,9-10H2,(H,23,29)(H2,24,25,26,28). The molecule has 2 amide bonds. The van der Waals surface area contributed by atoms with Gasteiger partial charge < -0.3 is 25.9 Å². The number of hydrogen-bond donors (Lipinski definition) is 4. The van der Waals surface area contributed by atoms with Gasteiger partial charge in [-0.2, -0.15) is 13.2 Å². The van der Waals surface area contributed by atoms with E-state index in [-0.39, 0.29) is 30.6 Å². The Labute approximate surface area is 165 Å². The third-order valence-electron chi connectivity index (χ3n) is 5.30. The molecule has 0 aromatic carbocycles. The minimum Gasteiger partial charge on any atom is -0.367 e. The summed E-state index contributed by atoms with van der Waals surface area (Å²) in [5, 5.41) is 13.0. The van der Waals surface area contributed by atoms with Gasteiger partial charge >= 0.3 is 12.2 Å². The molecule has 160 valence electrons. The third-order valence-corrected chi connectivity index (χ3v) is 5.30. The summed E-state index contributed by atoms with van der Waals surface area (Å²) in [5.41, 5.74) is -0.253. The van der Waals surface area contributed by atoms with Crippen molar-refractivity contribution >= 4 is 18.1 Å². The van der Waals surface area contributed by atoms with Gasteiger partial charge in [0, 0.05) is 31.9 Å². The molecule has 11 heteroatoms. The lowest BCUT2D eigenvalue weighted by Crippen LogP contribution is -2.53. The number of aromatic nitrogens is 2. The number of carbonyl (C=O) groups is 1. The van der Waals surface area contributed by atoms with E-state index >= 15 is 0 Å². The van der Waals surface area contributed by atoms with Crippen LogP contribution in [0, 0.1) is 5.41 Å². The zero-order valence-electron chi connectivity index (χ0n) is 15.9. The zero-order valence-corrected chi connectivity index (χ0v) is 15.9. The Balaban J connectivity index is 1.60. The minimum atomic E-state index is -4.31. The predicted octanol–water partition coefficient (Wildman–Crippen LogP) is 2.57. The lowest BCUT2D eigenvalue weighted by molar-refractivity contribution is -0.133. The maximum atomic E-state index is 12.3. The number of urea groups is 1. The lowest BCUT2D eigenvalue weighted by atomic mass is 9.95. The number of amides is 2. The maximum absolute atomic E-state index is 12.3. The normalized spacial score (nSPS) is 18.2. The summed E-state index contributed by atoms with van der Waals surface area (Å²) in [7, 11) is 0. The summed E-state index contributed by atoms with van der Waals surface area (Å²) in [5.74, 6) is 0.583. The first-order valence-corrected chi connectivity index (χ1v) is 9.77. The number of rotatable bonds is 6. The van der Waals surface area contributed by atoms with Crippen LogP contribution in [-0.4, -0.2) is 59.0 Å². The molecule has 2 aliphatic rings. The Morgan fingerprint density at radius 2 is 1.97 bits per heavy atom. The summed E-state index contributed by atoms with van der Waals surface area (Å²) < 4.78 is 36.5. The zero-order chi connectivity index (χ0) is 21.0. The van der Waals surface area contributed by atoms with Gasteiger partial charge in [-0.05, 0) is 12.8 Å². The smallest absolute Gasteiger partial charge is 0.367 e. The fraction of sp³-hybridized carbons (Fsp3) is 0.667. The van der Waals surface area contributed by atoms with Gasteiger partial charge in [-0.25, -0.2) is 9.78 Å². The molecular weight excluding hydrogens is 389 g/mol. The van der Waals surface area contributed by atoms with E-state index < -0.39 is 30.7 Å². The minimum absolute atomic E-state index is 0.167. The van der Waals surface area contributed by atoms with Crippen LogP contribution >= 0.6 is 0 Å². The highest BCUT2D eigenvalue weighted by Crippen LogP contribution is 2.26. The molecule has 1 aromatic rings. The average Bonchev–Trinajstić information content (AvgIpc) is 2.60. The van der Waals surface area contributed by atoms with Gasteiger partial charge in [0.2, 0.25) is 0 Å². The molecule has 1 saturated carbocycles. The van der Waals surface area contributed by atoms with Gasteiger partial charge in [-0.3, -0.25) is 4.79 Å². The van der Waals surface area contributed by atoms with Crippen LogP contribution in [0.4, 0.5) is 23.8 Å². The molecule has 2 heterocycles. The molecular formula is C18H25F3N6O2. The first kappa shape index (κ1) is 21.1. The van der Waals surface area contributed by atoms with Crippen molar-refractivity contribution in [2.45, 2.75) is 56.7 Å². The van der Waals surface area contributed by atoms with Gasteiger partial charge in [0.1, 0.15) is 11.6 Å². The second-order valence-electron chi connectivity index (χ2n) is 7.54. The van der Waals surface area contributed by atoms with Gasteiger partial charge in [-0.15, -0.1) is 0 Å². The molecule has 0 spiro atoms. The highest BCUT2D eigenvalue weighted by Gasteiger charge is 2.35. The van der Waals surface area contributed by atoms with Crippen molar-refractivity contribution in [3.8, 4) is 0 Å². The van der Waals surface area contributed by atoms with E-state index in [4.69, 9.17) is 5.41 Å². The number of likely N-dealkylation sites (tertiary alicyclic amines) is 1. The number of alkyl halides is 3. The molecule has 1 saturated heterocycles. The van der Waals surface area contributed by atoms with E-state index in [0.29, 0.717) is 11.6 Å². The highest BCUT2D eigenvalue weighted by atomic mass is 19.4. The Bertz CT molecular complexity index is 798. The lowest BCUT2D eigenvalue weighted by Gasteiger charge is -2.38. The van der Waals surface area contributed by atoms with E-state index in [1.54, 1.807) is 0 Å². The van der Waals surface area contributed by atoms with E-state index in [9.17, 15) is 22.8 Å². The van der Waals surface area contributed by atoms with Crippen molar-refractivity contribution in [2.24, 2.45) is 0 Å². The van der Waals surface area contributed by atoms with Crippen molar-refractivity contribution in [2.75, 3.05) is 25.0 Å². The molecule has 0 radical (unpaired) electrons. The van der Waals surface area contributed by atoms with Crippen LogP contribution in [0.3, 0.4) is 0 Å². The van der Waals surface area contributed by atoms with Crippen LogP contribution in [-0.2, 0) is 0 Å². The van der Waals surface area contributed by atoms with Crippen molar-refractivity contribution < 1.29 is 18.0 Å². The molecule has 1 aromatic heterocycles. The number of H-pyrrole nitrogens is 1. The van der Waals surface area contributed by atoms with Crippen molar-refractivity contribution in [1.29, 1.82) is 5.41 Å². The average molecular weight is 414 g/mol. The topological polar surface area (TPSA) is 114 Å². The summed E-state index contributed by atoms with van der Waals surface area (Å²) >= 11 is 0. The second-order valence-corrected chi connectivity index (χ2v) is 7.54. The Hall–Kier alpha value is -2.59. The number of carbonyl (C=O) groups excluding carboxylic acids is 1. The third kappa shape index (κ3) is 5.48. The Morgan fingerprint density at radius 3 is 2.59 bits per heavy atom. The molecule has 3 rings (SSSR count). The second kappa shape index (κ2) is 8.83. The monoisotopic (exact) mass is 414 g/mol. The molecule has 1 aliphatic heterocycles. The van der Waals surface area contributed by atoms with Crippen LogP contribution in [0.1, 0.15) is 55.8 Å². The fourth-order valence-corrected chi connectivity index (χ4v) is 3.62. The quantitative estimate of drug-likeness (QED) is 0.536. The maximum Gasteiger partial charge on any atom is 0.390 e. The SMILES string of the molecule is N=Cc1c(NC2CCCCC2)nc(C2CN(C(=O)NCCC(F)(F)F)C2)[nH]c1=O. The number of anilines is 1. The van der Waals surface area contributed by atoms with Gasteiger partial charge in [0.15, 0.2) is 0 Å². The molecule has 4 N–H and O–H groups in total. The Morgan fingerprint density at radius 1 is 1.28 bits per heavy atom. The van der Waals surface area contributed by atoms with Crippen molar-refractivity contribution in [3.63, 3.8) is 0 Å². The summed E-state index contributed by atoms with van der Waals surface area (Å²) in [6.45, 7) is 0.0449. The van der Waals surface area contributed by atoms with Crippen LogP contribution in [0.5, 0.6) is 0 Å². The first-order valence-electron chi connectivity index (χ1n) is 9.77. The van der Waals surface area contributed by atoms with Crippen molar-refractivity contribution in [3.05, 3.63) is 21.7 Å².